The molecule has 0 radical (unpaired) electrons. The molecule has 1 heterocycles. The molecule has 0 aromatic heterocycles. The number of alkyl halides is 4. The molecule has 3 rings (SSSR count). The highest BCUT2D eigenvalue weighted by atomic mass is 35.5. The number of allylic oxidation sites excluding steroid dienone is 2. The van der Waals surface area contributed by atoms with Crippen molar-refractivity contribution in [3.05, 3.63) is 10.1 Å². The fraction of sp³-hybridized carbons (Fsp3) is 0.667. The lowest BCUT2D eigenvalue weighted by atomic mass is 9.84. The normalized spacial score (nSPS) is 42.6. The molecule has 1 saturated carbocycles. The predicted octanol–water partition coefficient (Wildman–Crippen LogP) is 3.77. The van der Waals surface area contributed by atoms with Crippen molar-refractivity contribution in [1.82, 2.24) is 5.06 Å². The van der Waals surface area contributed by atoms with Crippen LogP contribution in [0, 0.1) is 11.8 Å². The Bertz CT molecular complexity index is 576. The molecule has 2 aliphatic carbocycles. The third-order valence-electron chi connectivity index (χ3n) is 4.29. The molecule has 122 valence electrons. The minimum absolute atomic E-state index is 0.115. The van der Waals surface area contributed by atoms with Gasteiger partial charge in [-0.05, 0) is 6.42 Å². The van der Waals surface area contributed by atoms with Crippen molar-refractivity contribution in [2.45, 2.75) is 27.4 Å². The summed E-state index contributed by atoms with van der Waals surface area (Å²) in [6, 6.07) is 0. The number of hydroxylamine groups is 2. The molecule has 3 aliphatic rings. The van der Waals surface area contributed by atoms with Crippen LogP contribution in [0.2, 0.25) is 0 Å². The third kappa shape index (κ3) is 1.58. The molecule has 0 aromatic carbocycles. The van der Waals surface area contributed by atoms with E-state index in [9.17, 15) is 9.59 Å². The number of amides is 2. The average molecular weight is 428 g/mol. The largest absolute Gasteiger partial charge is 0.272 e. The quantitative estimate of drug-likeness (QED) is 0.508. The van der Waals surface area contributed by atoms with Gasteiger partial charge >= 0.3 is 0 Å². The van der Waals surface area contributed by atoms with E-state index < -0.39 is 37.7 Å². The summed E-state index contributed by atoms with van der Waals surface area (Å²) in [6.07, 6.45) is 0.610. The first kappa shape index (κ1) is 17.4. The van der Waals surface area contributed by atoms with Crippen molar-refractivity contribution < 1.29 is 14.4 Å². The highest BCUT2D eigenvalue weighted by Gasteiger charge is 2.87. The fourth-order valence-electron chi connectivity index (χ4n) is 3.28. The van der Waals surface area contributed by atoms with Crippen LogP contribution in [0.15, 0.2) is 10.1 Å². The molecule has 2 fully saturated rings. The maximum atomic E-state index is 12.6. The first-order valence-electron chi connectivity index (χ1n) is 6.41. The van der Waals surface area contributed by atoms with E-state index in [0.717, 1.165) is 0 Å². The number of fused-ring (bicyclic) bond motifs is 5. The summed E-state index contributed by atoms with van der Waals surface area (Å²) in [5.41, 5.74) is 0. The van der Waals surface area contributed by atoms with Gasteiger partial charge < -0.3 is 0 Å². The molecule has 0 aromatic rings. The van der Waals surface area contributed by atoms with Crippen LogP contribution in [0.4, 0.5) is 0 Å². The summed E-state index contributed by atoms with van der Waals surface area (Å²) in [6.45, 7) is 2.02. The van der Waals surface area contributed by atoms with Crippen LogP contribution >= 0.6 is 69.6 Å². The highest BCUT2D eigenvalue weighted by Crippen LogP contribution is 2.77. The molecule has 1 aliphatic heterocycles. The molecule has 1 saturated heterocycles. The second-order valence-electron chi connectivity index (χ2n) is 5.39. The lowest BCUT2D eigenvalue weighted by Gasteiger charge is -2.34. The second-order valence-corrected chi connectivity index (χ2v) is 8.66. The van der Waals surface area contributed by atoms with E-state index in [4.69, 9.17) is 74.4 Å². The number of rotatable bonds is 3. The van der Waals surface area contributed by atoms with Crippen molar-refractivity contribution in [3.63, 3.8) is 0 Å². The van der Waals surface area contributed by atoms with Crippen LogP contribution in [-0.4, -0.2) is 37.6 Å². The summed E-state index contributed by atoms with van der Waals surface area (Å²) in [5.74, 6) is -3.62. The van der Waals surface area contributed by atoms with Crippen LogP contribution < -0.4 is 0 Å². The minimum Gasteiger partial charge on any atom is -0.272 e. The van der Waals surface area contributed by atoms with Gasteiger partial charge in [0, 0.05) is 0 Å². The van der Waals surface area contributed by atoms with E-state index in [-0.39, 0.29) is 16.7 Å². The first-order chi connectivity index (χ1) is 10.1. The van der Waals surface area contributed by atoms with Crippen molar-refractivity contribution in [3.8, 4) is 0 Å². The summed E-state index contributed by atoms with van der Waals surface area (Å²) < 4.78 is -1.91. The van der Waals surface area contributed by atoms with Crippen molar-refractivity contribution >= 4 is 81.4 Å². The molecule has 0 unspecified atom stereocenters. The lowest BCUT2D eigenvalue weighted by molar-refractivity contribution is -0.190. The van der Waals surface area contributed by atoms with Gasteiger partial charge in [-0.15, -0.1) is 23.2 Å². The Morgan fingerprint density at radius 3 is 1.77 bits per heavy atom. The Morgan fingerprint density at radius 1 is 1.00 bits per heavy atom. The summed E-state index contributed by atoms with van der Waals surface area (Å²) in [7, 11) is 0. The topological polar surface area (TPSA) is 46.6 Å². The van der Waals surface area contributed by atoms with Gasteiger partial charge in [0.1, 0.15) is 9.75 Å². The predicted molar refractivity (Wildman–Crippen MR) is 85.4 cm³/mol. The number of carbonyl (C=O) groups is 2. The Balaban J connectivity index is 2.15. The summed E-state index contributed by atoms with van der Waals surface area (Å²) >= 11 is 37.9. The van der Waals surface area contributed by atoms with Gasteiger partial charge in [-0.25, -0.2) is 0 Å². The van der Waals surface area contributed by atoms with Gasteiger partial charge in [0.05, 0.1) is 28.5 Å². The van der Waals surface area contributed by atoms with Gasteiger partial charge in [-0.1, -0.05) is 53.3 Å². The van der Waals surface area contributed by atoms with Crippen molar-refractivity contribution in [2.75, 3.05) is 6.61 Å². The van der Waals surface area contributed by atoms with Crippen LogP contribution in [0.25, 0.3) is 0 Å². The van der Waals surface area contributed by atoms with E-state index in [1.165, 1.54) is 0 Å². The number of hydrogen-bond donors (Lipinski definition) is 0. The summed E-state index contributed by atoms with van der Waals surface area (Å²) in [4.78, 5) is 26.8. The molecule has 2 amide bonds. The maximum Gasteiger partial charge on any atom is 0.259 e. The third-order valence-corrected chi connectivity index (χ3v) is 8.55. The smallest absolute Gasteiger partial charge is 0.259 e. The van der Waals surface area contributed by atoms with E-state index in [1.807, 2.05) is 6.92 Å². The molecule has 2 bridgehead atoms. The van der Waals surface area contributed by atoms with Crippen LogP contribution in [0.5, 0.6) is 0 Å². The van der Waals surface area contributed by atoms with E-state index in [0.29, 0.717) is 11.5 Å². The maximum absolute atomic E-state index is 12.6. The number of nitrogens with zero attached hydrogens (tertiary/aromatic N) is 1. The van der Waals surface area contributed by atoms with Crippen LogP contribution in [0.1, 0.15) is 13.3 Å². The van der Waals surface area contributed by atoms with Gasteiger partial charge in [-0.2, -0.15) is 5.06 Å². The Labute approximate surface area is 156 Å². The monoisotopic (exact) mass is 425 g/mol. The zero-order chi connectivity index (χ0) is 16.7. The van der Waals surface area contributed by atoms with Gasteiger partial charge in [0.25, 0.3) is 11.8 Å². The van der Waals surface area contributed by atoms with Crippen molar-refractivity contribution in [1.29, 1.82) is 0 Å². The number of halogens is 6. The Kier molecular flexibility index (Phi) is 3.99. The molecule has 10 heteroatoms. The summed E-state index contributed by atoms with van der Waals surface area (Å²) in [5, 5.41) is 0.432. The van der Waals surface area contributed by atoms with Crippen LogP contribution in [0.3, 0.4) is 0 Å². The average Bonchev–Trinajstić information content (AvgIpc) is 2.83. The Hall–Kier alpha value is 0.580. The molecule has 22 heavy (non-hydrogen) atoms. The van der Waals surface area contributed by atoms with E-state index in [1.54, 1.807) is 0 Å². The second kappa shape index (κ2) is 5.04. The van der Waals surface area contributed by atoms with Crippen molar-refractivity contribution in [2.24, 2.45) is 11.8 Å². The van der Waals surface area contributed by atoms with Gasteiger partial charge in [-0.3, -0.25) is 14.4 Å². The molecule has 4 nitrogen and oxygen atoms in total. The van der Waals surface area contributed by atoms with Gasteiger partial charge in [0.15, 0.2) is 4.33 Å². The number of hydrogen-bond acceptors (Lipinski definition) is 3. The lowest BCUT2D eigenvalue weighted by Crippen LogP contribution is -2.50. The SMILES string of the molecule is CCCON1C(=O)[C@H]2[C@H](C1=O)[C@@]1(Cl)C(Cl)=C(Cl)[C@@]2(Cl)C1(Cl)Cl. The molecule has 0 spiro atoms. The van der Waals surface area contributed by atoms with E-state index in [2.05, 4.69) is 0 Å². The number of carbonyl (C=O) groups excluding carboxylic acids is 2. The highest BCUT2D eigenvalue weighted by molar-refractivity contribution is 6.66. The van der Waals surface area contributed by atoms with Crippen LogP contribution in [-0.2, 0) is 14.4 Å². The standard InChI is InChI=1S/C12H9Cl6NO3/c1-2-3-22-19-8(20)4-5(9(19)21)11(16)7(14)6(13)10(4,15)12(11,17)18/h4-5H,2-3H2,1H3/t4-,5-,10-,11-/m1/s1. The zero-order valence-corrected chi connectivity index (χ0v) is 15.5. The molecular formula is C12H9Cl6NO3. The molecule has 0 N–H and O–H groups in total. The van der Waals surface area contributed by atoms with E-state index >= 15 is 0 Å². The fourth-order valence-corrected chi connectivity index (χ4v) is 6.21. The minimum atomic E-state index is -1.91. The Morgan fingerprint density at radius 2 is 1.41 bits per heavy atom. The first-order valence-corrected chi connectivity index (χ1v) is 8.67. The zero-order valence-electron chi connectivity index (χ0n) is 11.0. The number of imide groups is 1. The van der Waals surface area contributed by atoms with Gasteiger partial charge in [0.2, 0.25) is 0 Å². The molecule has 4 atom stereocenters. The molecular weight excluding hydrogens is 419 g/mol.